The third-order valence-electron chi connectivity index (χ3n) is 2.53. The predicted octanol–water partition coefficient (Wildman–Crippen LogP) is 1.17. The average Bonchev–Trinajstić information content (AvgIpc) is 2.93. The van der Waals surface area contributed by atoms with Crippen LogP contribution in [-0.2, 0) is 20.7 Å². The number of carbonyl (C=O) groups is 2. The number of nitrogens with one attached hydrogen (secondary N) is 2. The van der Waals surface area contributed by atoms with Crippen molar-refractivity contribution in [3.63, 3.8) is 0 Å². The highest BCUT2D eigenvalue weighted by Crippen LogP contribution is 2.03. The molecule has 2 aromatic rings. The summed E-state index contributed by atoms with van der Waals surface area (Å²) >= 11 is 0. The average molecular weight is 286 g/mol. The first-order chi connectivity index (χ1) is 10.2. The van der Waals surface area contributed by atoms with Gasteiger partial charge in [0.2, 0.25) is 5.95 Å². The minimum atomic E-state index is -0.437. The summed E-state index contributed by atoms with van der Waals surface area (Å²) in [4.78, 5) is 26.7. The van der Waals surface area contributed by atoms with Crippen LogP contribution in [0.5, 0.6) is 0 Å². The first-order valence-corrected chi connectivity index (χ1v) is 6.19. The number of anilines is 1. The highest BCUT2D eigenvalue weighted by molar-refractivity contribution is 6.00. The van der Waals surface area contributed by atoms with Gasteiger partial charge in [0, 0.05) is 6.08 Å². The molecule has 2 N–H and O–H groups in total. The van der Waals surface area contributed by atoms with Gasteiger partial charge in [-0.3, -0.25) is 20.0 Å². The summed E-state index contributed by atoms with van der Waals surface area (Å²) in [5, 5.41) is 8.83. The zero-order chi connectivity index (χ0) is 15.1. The van der Waals surface area contributed by atoms with Crippen LogP contribution in [-0.4, -0.2) is 34.2 Å². The van der Waals surface area contributed by atoms with Crippen LogP contribution in [0.2, 0.25) is 0 Å². The van der Waals surface area contributed by atoms with E-state index in [0.717, 1.165) is 5.56 Å². The molecule has 0 saturated heterocycles. The van der Waals surface area contributed by atoms with E-state index < -0.39 is 5.97 Å². The number of hydrogen-bond acceptors (Lipinski definition) is 5. The molecule has 2 rings (SSSR count). The van der Waals surface area contributed by atoms with E-state index in [2.05, 4.69) is 25.2 Å². The lowest BCUT2D eigenvalue weighted by Crippen LogP contribution is -2.09. The maximum atomic E-state index is 11.7. The molecule has 108 valence electrons. The monoisotopic (exact) mass is 286 g/mol. The Balaban J connectivity index is 1.91. The number of carbonyl (C=O) groups excluding carboxylic acids is 2. The van der Waals surface area contributed by atoms with E-state index in [0.29, 0.717) is 5.82 Å². The second kappa shape index (κ2) is 6.99. The number of ether oxygens (including phenoxy) is 1. The van der Waals surface area contributed by atoms with E-state index >= 15 is 0 Å². The fourth-order valence-corrected chi connectivity index (χ4v) is 1.53. The van der Waals surface area contributed by atoms with Crippen molar-refractivity contribution >= 4 is 23.9 Å². The van der Waals surface area contributed by atoms with E-state index in [-0.39, 0.29) is 18.3 Å². The van der Waals surface area contributed by atoms with Crippen molar-refractivity contribution in [1.29, 1.82) is 0 Å². The minimum absolute atomic E-state index is 0.0285. The Bertz CT molecular complexity index is 649. The van der Waals surface area contributed by atoms with E-state index in [4.69, 9.17) is 0 Å². The maximum absolute atomic E-state index is 11.7. The standard InChI is InChI=1S/C14H14N4O3/c1-21-13(20)9-11-15-14(18-17-11)16-12(19)8-7-10-5-3-2-4-6-10/h2-8H,9H2,1H3,(H2,15,16,17,18,19). The van der Waals surface area contributed by atoms with Crippen LogP contribution >= 0.6 is 0 Å². The Morgan fingerprint density at radius 1 is 1.33 bits per heavy atom. The molecular weight excluding hydrogens is 272 g/mol. The fourth-order valence-electron chi connectivity index (χ4n) is 1.53. The smallest absolute Gasteiger partial charge is 0.313 e. The van der Waals surface area contributed by atoms with Crippen LogP contribution in [0.1, 0.15) is 11.4 Å². The van der Waals surface area contributed by atoms with Crippen molar-refractivity contribution < 1.29 is 14.3 Å². The molecule has 7 nitrogen and oxygen atoms in total. The molecule has 0 bridgehead atoms. The van der Waals surface area contributed by atoms with Crippen LogP contribution in [0, 0.1) is 0 Å². The van der Waals surface area contributed by atoms with Crippen molar-refractivity contribution in [3.05, 3.63) is 47.8 Å². The maximum Gasteiger partial charge on any atom is 0.313 e. The number of nitrogens with zero attached hydrogens (tertiary/aromatic N) is 2. The van der Waals surface area contributed by atoms with Gasteiger partial charge < -0.3 is 4.74 Å². The summed E-state index contributed by atoms with van der Waals surface area (Å²) in [6.07, 6.45) is 3.03. The van der Waals surface area contributed by atoms with Gasteiger partial charge in [-0.25, -0.2) is 0 Å². The quantitative estimate of drug-likeness (QED) is 0.635. The van der Waals surface area contributed by atoms with E-state index in [1.54, 1.807) is 6.08 Å². The molecule has 0 atom stereocenters. The summed E-state index contributed by atoms with van der Waals surface area (Å²) in [6, 6.07) is 9.42. The van der Waals surface area contributed by atoms with Gasteiger partial charge >= 0.3 is 5.97 Å². The topological polar surface area (TPSA) is 97.0 Å². The first kappa shape index (κ1) is 14.4. The van der Waals surface area contributed by atoms with Crippen LogP contribution in [0.4, 0.5) is 5.95 Å². The first-order valence-electron chi connectivity index (χ1n) is 6.19. The van der Waals surface area contributed by atoms with Crippen molar-refractivity contribution in [2.24, 2.45) is 0 Å². The van der Waals surface area contributed by atoms with Crippen LogP contribution in [0.3, 0.4) is 0 Å². The van der Waals surface area contributed by atoms with Gasteiger partial charge in [-0.05, 0) is 11.6 Å². The largest absolute Gasteiger partial charge is 0.469 e. The molecule has 0 aliphatic carbocycles. The zero-order valence-electron chi connectivity index (χ0n) is 11.4. The zero-order valence-corrected chi connectivity index (χ0v) is 11.4. The highest BCUT2D eigenvalue weighted by Gasteiger charge is 2.09. The highest BCUT2D eigenvalue weighted by atomic mass is 16.5. The Hall–Kier alpha value is -2.96. The number of amides is 1. The van der Waals surface area contributed by atoms with E-state index in [1.165, 1.54) is 13.2 Å². The third-order valence-corrected chi connectivity index (χ3v) is 2.53. The Kier molecular flexibility index (Phi) is 4.81. The van der Waals surface area contributed by atoms with Crippen molar-refractivity contribution in [3.8, 4) is 0 Å². The van der Waals surface area contributed by atoms with Gasteiger partial charge in [-0.2, -0.15) is 4.98 Å². The van der Waals surface area contributed by atoms with E-state index in [1.807, 2.05) is 30.3 Å². The number of esters is 1. The number of hydrogen-bond donors (Lipinski definition) is 2. The van der Waals surface area contributed by atoms with Crippen LogP contribution in [0.15, 0.2) is 36.4 Å². The summed E-state index contributed by atoms with van der Waals surface area (Å²) < 4.78 is 4.51. The lowest BCUT2D eigenvalue weighted by atomic mass is 10.2. The summed E-state index contributed by atoms with van der Waals surface area (Å²) in [6.45, 7) is 0. The molecule has 7 heteroatoms. The second-order valence-corrected chi connectivity index (χ2v) is 4.09. The Labute approximate surface area is 121 Å². The third kappa shape index (κ3) is 4.57. The molecule has 21 heavy (non-hydrogen) atoms. The van der Waals surface area contributed by atoms with E-state index in [9.17, 15) is 9.59 Å². The number of rotatable bonds is 5. The molecule has 0 aliphatic heterocycles. The molecule has 0 radical (unpaired) electrons. The number of benzene rings is 1. The minimum Gasteiger partial charge on any atom is -0.469 e. The molecular formula is C14H14N4O3. The summed E-state index contributed by atoms with van der Waals surface area (Å²) in [5.41, 5.74) is 0.911. The lowest BCUT2D eigenvalue weighted by Gasteiger charge is -1.95. The van der Waals surface area contributed by atoms with Gasteiger partial charge in [0.05, 0.1) is 7.11 Å². The molecule has 1 amide bonds. The number of aromatic amines is 1. The molecule has 0 saturated carbocycles. The van der Waals surface area contributed by atoms with Crippen molar-refractivity contribution in [2.75, 3.05) is 12.4 Å². The van der Waals surface area contributed by atoms with Gasteiger partial charge in [0.1, 0.15) is 12.2 Å². The normalized spacial score (nSPS) is 10.5. The number of methoxy groups -OCH3 is 1. The molecule has 0 fully saturated rings. The summed E-state index contributed by atoms with van der Waals surface area (Å²) in [5.74, 6) is -0.365. The Morgan fingerprint density at radius 2 is 2.10 bits per heavy atom. The summed E-state index contributed by atoms with van der Waals surface area (Å²) in [7, 11) is 1.29. The van der Waals surface area contributed by atoms with Crippen molar-refractivity contribution in [2.45, 2.75) is 6.42 Å². The lowest BCUT2D eigenvalue weighted by molar-refractivity contribution is -0.139. The predicted molar refractivity (Wildman–Crippen MR) is 76.2 cm³/mol. The molecule has 1 aromatic heterocycles. The van der Waals surface area contributed by atoms with Gasteiger partial charge in [0.25, 0.3) is 5.91 Å². The molecule has 0 aliphatic rings. The molecule has 0 spiro atoms. The SMILES string of the molecule is COC(=O)Cc1nc(NC(=O)C=Cc2ccccc2)n[nH]1. The fraction of sp³-hybridized carbons (Fsp3) is 0.143. The van der Waals surface area contributed by atoms with Gasteiger partial charge in [-0.15, -0.1) is 5.10 Å². The number of aromatic nitrogens is 3. The van der Waals surface area contributed by atoms with Crippen molar-refractivity contribution in [1.82, 2.24) is 15.2 Å². The second-order valence-electron chi connectivity index (χ2n) is 4.09. The van der Waals surface area contributed by atoms with Gasteiger partial charge in [-0.1, -0.05) is 30.3 Å². The molecule has 0 unspecified atom stereocenters. The van der Waals surface area contributed by atoms with Crippen LogP contribution in [0.25, 0.3) is 6.08 Å². The molecule has 1 heterocycles. The van der Waals surface area contributed by atoms with Crippen LogP contribution < -0.4 is 5.32 Å². The molecule has 1 aromatic carbocycles. The van der Waals surface area contributed by atoms with Gasteiger partial charge in [0.15, 0.2) is 0 Å². The Morgan fingerprint density at radius 3 is 2.81 bits per heavy atom. The number of H-pyrrole nitrogens is 1.